The highest BCUT2D eigenvalue weighted by Gasteiger charge is 2.39. The molecule has 0 aliphatic heterocycles. The van der Waals surface area contributed by atoms with Crippen molar-refractivity contribution < 1.29 is 31.8 Å². The summed E-state index contributed by atoms with van der Waals surface area (Å²) in [4.78, 5) is 16.7. The Bertz CT molecular complexity index is 1120. The molecule has 0 radical (unpaired) electrons. The van der Waals surface area contributed by atoms with Gasteiger partial charge in [0.05, 0.1) is 24.1 Å². The van der Waals surface area contributed by atoms with Crippen LogP contribution in [0.2, 0.25) is 0 Å². The summed E-state index contributed by atoms with van der Waals surface area (Å²) in [5, 5.41) is 9.00. The number of benzene rings is 1. The molecule has 0 fully saturated rings. The molecule has 6 N–H and O–H groups in total. The van der Waals surface area contributed by atoms with Crippen LogP contribution in [0.4, 0.5) is 23.4 Å². The van der Waals surface area contributed by atoms with Crippen LogP contribution in [-0.4, -0.2) is 35.5 Å². The predicted octanol–water partition coefficient (Wildman–Crippen LogP) is 3.94. The van der Waals surface area contributed by atoms with Crippen molar-refractivity contribution in [1.82, 2.24) is 10.3 Å². The van der Waals surface area contributed by atoms with Gasteiger partial charge in [-0.1, -0.05) is 11.6 Å². The van der Waals surface area contributed by atoms with E-state index in [1.807, 2.05) is 0 Å². The largest absolute Gasteiger partial charge is 0.497 e. The van der Waals surface area contributed by atoms with E-state index in [9.17, 15) is 22.4 Å². The molecule has 1 atom stereocenters. The van der Waals surface area contributed by atoms with Crippen LogP contribution < -0.4 is 26.3 Å². The number of hydrogen-bond donors (Lipinski definition) is 4. The minimum atomic E-state index is -4.78. The number of alkyl halides is 3. The third kappa shape index (κ3) is 6.25. The Morgan fingerprint density at radius 2 is 1.91 bits per heavy atom. The van der Waals surface area contributed by atoms with E-state index in [4.69, 9.17) is 38.0 Å². The third-order valence-corrected chi connectivity index (χ3v) is 4.45. The Hall–Kier alpha value is -3.54. The zero-order valence-corrected chi connectivity index (χ0v) is 18.4. The molecule has 0 unspecified atom stereocenters. The summed E-state index contributed by atoms with van der Waals surface area (Å²) in [5.41, 5.74) is 9.93. The van der Waals surface area contributed by atoms with Crippen molar-refractivity contribution >= 4 is 28.5 Å². The zero-order chi connectivity index (χ0) is 25.1. The lowest BCUT2D eigenvalue weighted by Gasteiger charge is -2.21. The van der Waals surface area contributed by atoms with Crippen LogP contribution in [0.3, 0.4) is 0 Å². The van der Waals surface area contributed by atoms with Crippen LogP contribution in [0.5, 0.6) is 11.5 Å². The maximum atomic E-state index is 15.0. The second-order valence-corrected chi connectivity index (χ2v) is 7.15. The number of rotatable bonds is 7. The number of nitrogens with one attached hydrogen (secondary N) is 2. The van der Waals surface area contributed by atoms with Crippen LogP contribution in [-0.2, 0) is 0 Å². The first-order valence-corrected chi connectivity index (χ1v) is 9.53. The number of carbonyl (C=O) groups excluding carboxylic acids is 1. The van der Waals surface area contributed by atoms with Crippen LogP contribution >= 0.6 is 11.6 Å². The van der Waals surface area contributed by atoms with Crippen molar-refractivity contribution in [2.45, 2.75) is 26.1 Å². The number of hydrogen-bond acceptors (Lipinski definition) is 7. The molecule has 8 nitrogen and oxygen atoms in total. The number of nitrogens with zero attached hydrogens (tertiary/aromatic N) is 1. The highest BCUT2D eigenvalue weighted by Crippen LogP contribution is 2.34. The predicted molar refractivity (Wildman–Crippen MR) is 115 cm³/mol. The highest BCUT2D eigenvalue weighted by molar-refractivity contribution is 6.68. The average molecular weight is 490 g/mol. The summed E-state index contributed by atoms with van der Waals surface area (Å²) in [6, 6.07) is 4.22. The van der Waals surface area contributed by atoms with Gasteiger partial charge in [0, 0.05) is 23.4 Å². The van der Waals surface area contributed by atoms with E-state index in [1.165, 1.54) is 26.2 Å². The first kappa shape index (κ1) is 25.7. The fourth-order valence-electron chi connectivity index (χ4n) is 2.57. The maximum absolute atomic E-state index is 15.0. The van der Waals surface area contributed by atoms with Crippen LogP contribution in [0, 0.1) is 11.2 Å². The van der Waals surface area contributed by atoms with Gasteiger partial charge >= 0.3 is 6.18 Å². The minimum Gasteiger partial charge on any atom is -0.497 e. The van der Waals surface area contributed by atoms with Gasteiger partial charge in [-0.25, -0.2) is 9.37 Å². The number of allylic oxidation sites excluding steroid dienone is 2. The Labute approximate surface area is 191 Å². The number of halogens is 5. The fourth-order valence-corrected chi connectivity index (χ4v) is 2.77. The monoisotopic (exact) mass is 489 g/mol. The van der Waals surface area contributed by atoms with Crippen molar-refractivity contribution in [3.8, 4) is 22.8 Å². The van der Waals surface area contributed by atoms with Gasteiger partial charge in [-0.05, 0) is 26.0 Å². The molecular weight excluding hydrogens is 470 g/mol. The Kier molecular flexibility index (Phi) is 7.75. The summed E-state index contributed by atoms with van der Waals surface area (Å²) in [6.45, 7) is 2.05. The second-order valence-electron chi connectivity index (χ2n) is 6.77. The van der Waals surface area contributed by atoms with E-state index in [1.54, 1.807) is 0 Å². The molecule has 2 rings (SSSR count). The molecule has 33 heavy (non-hydrogen) atoms. The van der Waals surface area contributed by atoms with Crippen molar-refractivity contribution in [1.29, 1.82) is 5.41 Å². The second kappa shape index (κ2) is 9.94. The number of carbonyl (C=O) groups is 1. The summed E-state index contributed by atoms with van der Waals surface area (Å²) in [6.07, 6.45) is -7.12. The molecule has 1 aromatic carbocycles. The lowest BCUT2D eigenvalue weighted by atomic mass is 10.0. The van der Waals surface area contributed by atoms with E-state index in [2.05, 4.69) is 10.3 Å². The standard InChI is InChI=1S/C20H20ClF4N5O3/c1-8(26)17(18(21)28)30-19(31)12-6-13(22)11(7-15(12)33-9(2)20(23,24)25)14-4-10(32-3)5-16(27)29-14/h4-7,9,28H,26H2,1-3H3,(H2,27,29)(H,30,31)/t9-/m0/s1. The van der Waals surface area contributed by atoms with E-state index < -0.39 is 40.5 Å². The van der Waals surface area contributed by atoms with Crippen LogP contribution in [0.1, 0.15) is 24.2 Å². The molecule has 0 saturated carbocycles. The lowest BCUT2D eigenvalue weighted by Crippen LogP contribution is -2.33. The fraction of sp³-hybridized carbons (Fsp3) is 0.250. The SMILES string of the molecule is COc1cc(N)nc(-c2cc(O[C@@H](C)C(F)(F)F)c(C(=O)NC(C(=N)Cl)=C(C)N)cc2F)c1. The van der Waals surface area contributed by atoms with E-state index in [0.29, 0.717) is 6.07 Å². The molecule has 1 heterocycles. The zero-order valence-electron chi connectivity index (χ0n) is 17.6. The molecule has 1 amide bonds. The molecule has 178 valence electrons. The number of nitrogens with two attached hydrogens (primary N) is 2. The Morgan fingerprint density at radius 3 is 2.42 bits per heavy atom. The van der Waals surface area contributed by atoms with E-state index in [0.717, 1.165) is 13.0 Å². The number of pyridine rings is 1. The number of nitrogen functional groups attached to an aromatic ring is 1. The minimum absolute atomic E-state index is 0.0366. The Morgan fingerprint density at radius 1 is 1.27 bits per heavy atom. The van der Waals surface area contributed by atoms with Crippen molar-refractivity contribution in [3.63, 3.8) is 0 Å². The number of methoxy groups -OCH3 is 1. The molecule has 0 aliphatic carbocycles. The first-order chi connectivity index (χ1) is 15.2. The van der Waals surface area contributed by atoms with Crippen molar-refractivity contribution in [3.05, 3.63) is 47.0 Å². The van der Waals surface area contributed by atoms with Crippen LogP contribution in [0.15, 0.2) is 35.7 Å². The van der Waals surface area contributed by atoms with Gasteiger partial charge < -0.3 is 26.3 Å². The molecular formula is C20H20ClF4N5O3. The average Bonchev–Trinajstić information content (AvgIpc) is 2.70. The topological polar surface area (TPSA) is 136 Å². The van der Waals surface area contributed by atoms with Gasteiger partial charge in [-0.2, -0.15) is 13.2 Å². The summed E-state index contributed by atoms with van der Waals surface area (Å²) in [7, 11) is 1.33. The lowest BCUT2D eigenvalue weighted by molar-refractivity contribution is -0.189. The number of aromatic nitrogens is 1. The van der Waals surface area contributed by atoms with Gasteiger partial charge in [0.1, 0.15) is 28.3 Å². The van der Waals surface area contributed by atoms with Crippen molar-refractivity contribution in [2.75, 3.05) is 12.8 Å². The smallest absolute Gasteiger partial charge is 0.425 e. The summed E-state index contributed by atoms with van der Waals surface area (Å²) < 4.78 is 64.4. The molecule has 2 aromatic rings. The van der Waals surface area contributed by atoms with Gasteiger partial charge in [-0.15, -0.1) is 0 Å². The molecule has 13 heteroatoms. The normalized spacial score (nSPS) is 13.1. The third-order valence-electron chi connectivity index (χ3n) is 4.26. The maximum Gasteiger partial charge on any atom is 0.425 e. The molecule has 1 aromatic heterocycles. The summed E-state index contributed by atoms with van der Waals surface area (Å²) in [5.74, 6) is -2.53. The molecule has 0 saturated heterocycles. The molecule has 0 aliphatic rings. The number of anilines is 1. The Balaban J connectivity index is 2.66. The van der Waals surface area contributed by atoms with Crippen molar-refractivity contribution in [2.24, 2.45) is 5.73 Å². The van der Waals surface area contributed by atoms with Gasteiger partial charge in [0.2, 0.25) is 0 Å². The van der Waals surface area contributed by atoms with E-state index in [-0.39, 0.29) is 34.2 Å². The van der Waals surface area contributed by atoms with Gasteiger partial charge in [0.25, 0.3) is 5.91 Å². The van der Waals surface area contributed by atoms with E-state index >= 15 is 0 Å². The molecule has 0 spiro atoms. The van der Waals surface area contributed by atoms with Gasteiger partial charge in [-0.3, -0.25) is 10.2 Å². The highest BCUT2D eigenvalue weighted by atomic mass is 35.5. The summed E-state index contributed by atoms with van der Waals surface area (Å²) >= 11 is 5.58. The quantitative estimate of drug-likeness (QED) is 0.343. The van der Waals surface area contributed by atoms with Crippen LogP contribution in [0.25, 0.3) is 11.3 Å². The number of amides is 1. The van der Waals surface area contributed by atoms with Gasteiger partial charge in [0.15, 0.2) is 6.10 Å². The first-order valence-electron chi connectivity index (χ1n) is 9.15. The number of ether oxygens (including phenoxy) is 2. The molecule has 0 bridgehead atoms.